The van der Waals surface area contributed by atoms with E-state index < -0.39 is 12.0 Å². The van der Waals surface area contributed by atoms with Crippen LogP contribution in [0.1, 0.15) is 12.8 Å². The molecule has 0 aliphatic carbocycles. The lowest BCUT2D eigenvalue weighted by atomic mass is 10.2. The number of ether oxygens (including phenoxy) is 1. The Morgan fingerprint density at radius 1 is 1.21 bits per heavy atom. The van der Waals surface area contributed by atoms with Crippen molar-refractivity contribution in [2.75, 3.05) is 37.7 Å². The average molecular weight is 333 g/mol. The standard InChI is InChI=1S/C15H19N5O4/c21-12-3-2-11(18-12)14(23)24-10-13(22)19-6-8-20(9-7-19)15-16-4-1-5-17-15/h1,4-5,11H,2-3,6-10H2,(H,18,21)/t11-/m1/s1. The van der Waals surface area contributed by atoms with E-state index in [2.05, 4.69) is 15.3 Å². The fourth-order valence-electron chi connectivity index (χ4n) is 2.73. The molecular weight excluding hydrogens is 314 g/mol. The van der Waals surface area contributed by atoms with Crippen molar-refractivity contribution in [1.29, 1.82) is 0 Å². The Bertz CT molecular complexity index is 616. The lowest BCUT2D eigenvalue weighted by Crippen LogP contribution is -2.50. The lowest BCUT2D eigenvalue weighted by Gasteiger charge is -2.34. The molecule has 1 aromatic heterocycles. The van der Waals surface area contributed by atoms with Crippen molar-refractivity contribution in [3.05, 3.63) is 18.5 Å². The minimum absolute atomic E-state index is 0.164. The Labute approximate surface area is 139 Å². The summed E-state index contributed by atoms with van der Waals surface area (Å²) in [7, 11) is 0. The van der Waals surface area contributed by atoms with Crippen LogP contribution in [0.2, 0.25) is 0 Å². The van der Waals surface area contributed by atoms with Crippen molar-refractivity contribution in [2.45, 2.75) is 18.9 Å². The monoisotopic (exact) mass is 333 g/mol. The molecule has 3 heterocycles. The molecule has 24 heavy (non-hydrogen) atoms. The second-order valence-corrected chi connectivity index (χ2v) is 5.68. The highest BCUT2D eigenvalue weighted by Crippen LogP contribution is 2.11. The number of carbonyl (C=O) groups excluding carboxylic acids is 3. The molecule has 0 spiro atoms. The molecule has 0 saturated carbocycles. The summed E-state index contributed by atoms with van der Waals surface area (Å²) in [5.74, 6) is -0.303. The SMILES string of the molecule is O=C1CC[C@H](C(=O)OCC(=O)N2CCN(c3ncccn3)CC2)N1. The maximum absolute atomic E-state index is 12.1. The van der Waals surface area contributed by atoms with Crippen LogP contribution < -0.4 is 10.2 Å². The Morgan fingerprint density at radius 3 is 2.54 bits per heavy atom. The summed E-state index contributed by atoms with van der Waals surface area (Å²) in [6.07, 6.45) is 4.10. The van der Waals surface area contributed by atoms with E-state index in [1.807, 2.05) is 4.90 Å². The first-order valence-corrected chi connectivity index (χ1v) is 7.89. The van der Waals surface area contributed by atoms with E-state index in [9.17, 15) is 14.4 Å². The number of carbonyl (C=O) groups is 3. The molecule has 9 heteroatoms. The number of aromatic nitrogens is 2. The van der Waals surface area contributed by atoms with Gasteiger partial charge in [0.2, 0.25) is 11.9 Å². The predicted octanol–water partition coefficient (Wildman–Crippen LogP) is -1.05. The van der Waals surface area contributed by atoms with Gasteiger partial charge in [-0.15, -0.1) is 0 Å². The summed E-state index contributed by atoms with van der Waals surface area (Å²) in [5.41, 5.74) is 0. The van der Waals surface area contributed by atoms with E-state index >= 15 is 0 Å². The maximum atomic E-state index is 12.1. The van der Waals surface area contributed by atoms with Gasteiger partial charge >= 0.3 is 5.97 Å². The van der Waals surface area contributed by atoms with Gasteiger partial charge in [0.05, 0.1) is 0 Å². The number of hydrogen-bond donors (Lipinski definition) is 1. The van der Waals surface area contributed by atoms with Gasteiger partial charge in [-0.1, -0.05) is 0 Å². The number of rotatable bonds is 4. The van der Waals surface area contributed by atoms with Gasteiger partial charge in [-0.25, -0.2) is 14.8 Å². The smallest absolute Gasteiger partial charge is 0.329 e. The Hall–Kier alpha value is -2.71. The van der Waals surface area contributed by atoms with Gasteiger partial charge in [0.15, 0.2) is 6.61 Å². The van der Waals surface area contributed by atoms with Gasteiger partial charge in [0.1, 0.15) is 6.04 Å². The molecule has 0 bridgehead atoms. The van der Waals surface area contributed by atoms with Crippen LogP contribution in [-0.2, 0) is 19.1 Å². The average Bonchev–Trinajstić information content (AvgIpc) is 3.07. The molecule has 0 aromatic carbocycles. The highest BCUT2D eigenvalue weighted by molar-refractivity contribution is 5.89. The van der Waals surface area contributed by atoms with Crippen molar-refractivity contribution < 1.29 is 19.1 Å². The van der Waals surface area contributed by atoms with Crippen LogP contribution in [0.15, 0.2) is 18.5 Å². The largest absolute Gasteiger partial charge is 0.454 e. The minimum atomic E-state index is -0.627. The van der Waals surface area contributed by atoms with Crippen LogP contribution in [0, 0.1) is 0 Å². The molecule has 1 aromatic rings. The fourth-order valence-corrected chi connectivity index (χ4v) is 2.73. The van der Waals surface area contributed by atoms with E-state index in [-0.39, 0.29) is 18.4 Å². The van der Waals surface area contributed by atoms with Gasteiger partial charge in [-0.2, -0.15) is 0 Å². The van der Waals surface area contributed by atoms with Crippen molar-refractivity contribution in [1.82, 2.24) is 20.2 Å². The van der Waals surface area contributed by atoms with E-state index in [0.717, 1.165) is 0 Å². The van der Waals surface area contributed by atoms with Crippen LogP contribution in [-0.4, -0.2) is 71.5 Å². The summed E-state index contributed by atoms with van der Waals surface area (Å²) in [6.45, 7) is 2.00. The van der Waals surface area contributed by atoms with Crippen LogP contribution in [0.4, 0.5) is 5.95 Å². The number of esters is 1. The molecule has 2 fully saturated rings. The number of amides is 2. The molecule has 2 amide bonds. The molecular formula is C15H19N5O4. The number of nitrogens with zero attached hydrogens (tertiary/aromatic N) is 4. The lowest BCUT2D eigenvalue weighted by molar-refractivity contribution is -0.153. The normalized spacial score (nSPS) is 20.7. The van der Waals surface area contributed by atoms with Gasteiger partial charge in [-0.3, -0.25) is 9.59 Å². The fraction of sp³-hybridized carbons (Fsp3) is 0.533. The first kappa shape index (κ1) is 16.2. The van der Waals surface area contributed by atoms with Crippen molar-refractivity contribution in [3.8, 4) is 0 Å². The zero-order valence-electron chi connectivity index (χ0n) is 13.2. The third kappa shape index (κ3) is 3.79. The predicted molar refractivity (Wildman–Crippen MR) is 82.9 cm³/mol. The molecule has 2 saturated heterocycles. The van der Waals surface area contributed by atoms with E-state index in [0.29, 0.717) is 45.0 Å². The maximum Gasteiger partial charge on any atom is 0.329 e. The molecule has 128 valence electrons. The molecule has 3 rings (SSSR count). The van der Waals surface area contributed by atoms with Crippen LogP contribution in [0.3, 0.4) is 0 Å². The molecule has 9 nitrogen and oxygen atoms in total. The topological polar surface area (TPSA) is 105 Å². The molecule has 2 aliphatic heterocycles. The van der Waals surface area contributed by atoms with Gasteiger partial charge in [0.25, 0.3) is 5.91 Å². The number of hydrogen-bond acceptors (Lipinski definition) is 7. The minimum Gasteiger partial charge on any atom is -0.454 e. The first-order valence-electron chi connectivity index (χ1n) is 7.89. The van der Waals surface area contributed by atoms with Crippen LogP contribution in [0.5, 0.6) is 0 Å². The molecule has 0 radical (unpaired) electrons. The van der Waals surface area contributed by atoms with Gasteiger partial charge < -0.3 is 19.9 Å². The van der Waals surface area contributed by atoms with Gasteiger partial charge in [-0.05, 0) is 12.5 Å². The zero-order chi connectivity index (χ0) is 16.9. The summed E-state index contributed by atoms with van der Waals surface area (Å²) < 4.78 is 5.02. The summed E-state index contributed by atoms with van der Waals surface area (Å²) in [4.78, 5) is 47.0. The van der Waals surface area contributed by atoms with E-state index in [1.54, 1.807) is 23.4 Å². The second kappa shape index (κ2) is 7.24. The van der Waals surface area contributed by atoms with E-state index in [4.69, 9.17) is 4.74 Å². The number of anilines is 1. The summed E-state index contributed by atoms with van der Waals surface area (Å²) in [6, 6.07) is 1.13. The zero-order valence-corrected chi connectivity index (χ0v) is 13.2. The molecule has 1 N–H and O–H groups in total. The first-order chi connectivity index (χ1) is 11.6. The summed E-state index contributed by atoms with van der Waals surface area (Å²) in [5, 5.41) is 2.52. The summed E-state index contributed by atoms with van der Waals surface area (Å²) >= 11 is 0. The van der Waals surface area contributed by atoms with Crippen molar-refractivity contribution >= 4 is 23.7 Å². The van der Waals surface area contributed by atoms with E-state index in [1.165, 1.54) is 0 Å². The van der Waals surface area contributed by atoms with Crippen molar-refractivity contribution in [3.63, 3.8) is 0 Å². The Balaban J connectivity index is 1.42. The quantitative estimate of drug-likeness (QED) is 0.701. The van der Waals surface area contributed by atoms with Crippen molar-refractivity contribution in [2.24, 2.45) is 0 Å². The highest BCUT2D eigenvalue weighted by atomic mass is 16.5. The number of piperazine rings is 1. The third-order valence-electron chi connectivity index (χ3n) is 4.09. The molecule has 0 unspecified atom stereocenters. The van der Waals surface area contributed by atoms with Crippen LogP contribution >= 0.6 is 0 Å². The molecule has 2 aliphatic rings. The Morgan fingerprint density at radius 2 is 1.92 bits per heavy atom. The van der Waals surface area contributed by atoms with Gasteiger partial charge in [0, 0.05) is 45.0 Å². The highest BCUT2D eigenvalue weighted by Gasteiger charge is 2.30. The third-order valence-corrected chi connectivity index (χ3v) is 4.09. The number of nitrogens with one attached hydrogen (secondary N) is 1. The molecule has 1 atom stereocenters. The Kier molecular flexibility index (Phi) is 4.88. The van der Waals surface area contributed by atoms with Crippen LogP contribution in [0.25, 0.3) is 0 Å². The second-order valence-electron chi connectivity index (χ2n) is 5.68.